The quantitative estimate of drug-likeness (QED) is 0.756. The third-order valence-corrected chi connectivity index (χ3v) is 3.25. The SMILES string of the molecule is CC(c1nc(C#N)c(N)o1)S(C)(=O)=O. The van der Waals surface area contributed by atoms with E-state index in [0.717, 1.165) is 6.26 Å². The lowest BCUT2D eigenvalue weighted by Crippen LogP contribution is -2.07. The summed E-state index contributed by atoms with van der Waals surface area (Å²) < 4.78 is 27.1. The molecule has 1 aromatic heterocycles. The van der Waals surface area contributed by atoms with Crippen LogP contribution >= 0.6 is 0 Å². The van der Waals surface area contributed by atoms with Crippen molar-refractivity contribution in [2.45, 2.75) is 12.2 Å². The molecular weight excluding hydrogens is 206 g/mol. The fourth-order valence-corrected chi connectivity index (χ4v) is 1.25. The van der Waals surface area contributed by atoms with E-state index >= 15 is 0 Å². The summed E-state index contributed by atoms with van der Waals surface area (Å²) >= 11 is 0. The predicted octanol–water partition coefficient (Wildman–Crippen LogP) is 0.234. The monoisotopic (exact) mass is 215 g/mol. The largest absolute Gasteiger partial charge is 0.423 e. The van der Waals surface area contributed by atoms with Crippen molar-refractivity contribution in [3.63, 3.8) is 0 Å². The molecule has 0 amide bonds. The molecule has 0 aliphatic rings. The predicted molar refractivity (Wildman–Crippen MR) is 48.9 cm³/mol. The van der Waals surface area contributed by atoms with Gasteiger partial charge in [-0.2, -0.15) is 10.2 Å². The first-order valence-electron chi connectivity index (χ1n) is 3.71. The van der Waals surface area contributed by atoms with Crippen LogP contribution < -0.4 is 5.73 Å². The molecule has 0 saturated heterocycles. The van der Waals surface area contributed by atoms with E-state index in [9.17, 15) is 8.42 Å². The Hall–Kier alpha value is -1.55. The van der Waals surface area contributed by atoms with Gasteiger partial charge in [-0.15, -0.1) is 0 Å². The lowest BCUT2D eigenvalue weighted by atomic mass is 10.5. The zero-order valence-electron chi connectivity index (χ0n) is 7.68. The summed E-state index contributed by atoms with van der Waals surface area (Å²) in [6, 6.07) is 1.70. The number of hydrogen-bond acceptors (Lipinski definition) is 6. The number of rotatable bonds is 2. The molecule has 1 atom stereocenters. The van der Waals surface area contributed by atoms with E-state index in [1.807, 2.05) is 0 Å². The normalized spacial score (nSPS) is 13.5. The van der Waals surface area contributed by atoms with E-state index in [1.54, 1.807) is 6.07 Å². The molecule has 1 aromatic rings. The molecule has 0 aliphatic carbocycles. The van der Waals surface area contributed by atoms with Gasteiger partial charge in [0.2, 0.25) is 17.5 Å². The molecule has 1 rings (SSSR count). The van der Waals surface area contributed by atoms with Crippen LogP contribution in [0.1, 0.15) is 23.8 Å². The molecule has 1 unspecified atom stereocenters. The molecule has 0 fully saturated rings. The summed E-state index contributed by atoms with van der Waals surface area (Å²) in [4.78, 5) is 3.66. The fourth-order valence-electron chi connectivity index (χ4n) is 0.786. The molecule has 76 valence electrons. The molecule has 0 aliphatic heterocycles. The van der Waals surface area contributed by atoms with E-state index in [4.69, 9.17) is 15.4 Å². The van der Waals surface area contributed by atoms with Crippen molar-refractivity contribution in [1.82, 2.24) is 4.98 Å². The van der Waals surface area contributed by atoms with Gasteiger partial charge in [0.25, 0.3) is 0 Å². The van der Waals surface area contributed by atoms with Crippen molar-refractivity contribution >= 4 is 15.7 Å². The molecule has 2 N–H and O–H groups in total. The highest BCUT2D eigenvalue weighted by Gasteiger charge is 2.24. The minimum absolute atomic E-state index is 0.0541. The zero-order chi connectivity index (χ0) is 10.9. The lowest BCUT2D eigenvalue weighted by Gasteiger charge is -2.02. The number of aromatic nitrogens is 1. The third kappa shape index (κ3) is 1.85. The van der Waals surface area contributed by atoms with Gasteiger partial charge in [0.1, 0.15) is 11.3 Å². The maximum Gasteiger partial charge on any atom is 0.229 e. The van der Waals surface area contributed by atoms with Gasteiger partial charge in [-0.3, -0.25) is 0 Å². The van der Waals surface area contributed by atoms with Crippen molar-refractivity contribution in [1.29, 1.82) is 5.26 Å². The second-order valence-corrected chi connectivity index (χ2v) is 5.21. The Bertz CT molecular complexity index is 483. The van der Waals surface area contributed by atoms with Gasteiger partial charge in [-0.05, 0) is 6.92 Å². The average Bonchev–Trinajstić information content (AvgIpc) is 2.43. The van der Waals surface area contributed by atoms with Crippen LogP contribution in [0, 0.1) is 11.3 Å². The van der Waals surface area contributed by atoms with E-state index in [2.05, 4.69) is 4.98 Å². The van der Waals surface area contributed by atoms with Gasteiger partial charge < -0.3 is 10.2 Å². The molecular formula is C7H9N3O3S. The van der Waals surface area contributed by atoms with Crippen molar-refractivity contribution in [2.75, 3.05) is 12.0 Å². The van der Waals surface area contributed by atoms with Crippen LogP contribution in [0.2, 0.25) is 0 Å². The molecule has 14 heavy (non-hydrogen) atoms. The molecule has 0 aromatic carbocycles. The second kappa shape index (κ2) is 3.31. The summed E-state index contributed by atoms with van der Waals surface area (Å²) in [7, 11) is -3.29. The van der Waals surface area contributed by atoms with Gasteiger partial charge in [0.05, 0.1) is 0 Å². The first-order chi connectivity index (χ1) is 6.36. The zero-order valence-corrected chi connectivity index (χ0v) is 8.50. The number of hydrogen-bond donors (Lipinski definition) is 1. The second-order valence-electron chi connectivity index (χ2n) is 2.85. The standard InChI is InChI=1S/C7H9N3O3S/c1-4(14(2,11)12)7-10-5(3-8)6(9)13-7/h4H,9H2,1-2H3. The number of nitrogens with two attached hydrogens (primary N) is 1. The van der Waals surface area contributed by atoms with E-state index in [-0.39, 0.29) is 17.5 Å². The summed E-state index contributed by atoms with van der Waals surface area (Å²) in [6.45, 7) is 1.42. The number of anilines is 1. The number of nitriles is 1. The molecule has 0 bridgehead atoms. The van der Waals surface area contributed by atoms with E-state index in [1.165, 1.54) is 6.92 Å². The molecule has 0 spiro atoms. The van der Waals surface area contributed by atoms with Crippen molar-refractivity contribution in [3.05, 3.63) is 11.6 Å². The number of nitrogens with zero attached hydrogens (tertiary/aromatic N) is 2. The Morgan fingerprint density at radius 3 is 2.57 bits per heavy atom. The third-order valence-electron chi connectivity index (χ3n) is 1.77. The maximum absolute atomic E-state index is 11.1. The minimum atomic E-state index is -3.29. The Labute approximate surface area is 81.3 Å². The van der Waals surface area contributed by atoms with Gasteiger partial charge in [0, 0.05) is 6.26 Å². The van der Waals surface area contributed by atoms with E-state index in [0.29, 0.717) is 0 Å². The fraction of sp³-hybridized carbons (Fsp3) is 0.429. The highest BCUT2D eigenvalue weighted by Crippen LogP contribution is 2.23. The molecule has 0 radical (unpaired) electrons. The van der Waals surface area contributed by atoms with Crippen LogP contribution in [0.4, 0.5) is 5.88 Å². The first kappa shape index (κ1) is 10.5. The summed E-state index contributed by atoms with van der Waals surface area (Å²) in [5, 5.41) is 7.62. The van der Waals surface area contributed by atoms with Crippen molar-refractivity contribution in [3.8, 4) is 6.07 Å². The first-order valence-corrected chi connectivity index (χ1v) is 5.67. The summed E-state index contributed by atoms with van der Waals surface area (Å²) in [5.74, 6) is -0.209. The van der Waals surface area contributed by atoms with Crippen LogP contribution in [0.5, 0.6) is 0 Å². The van der Waals surface area contributed by atoms with Crippen LogP contribution in [0.3, 0.4) is 0 Å². The molecule has 6 nitrogen and oxygen atoms in total. The lowest BCUT2D eigenvalue weighted by molar-refractivity contribution is 0.500. The highest BCUT2D eigenvalue weighted by atomic mass is 32.2. The van der Waals surface area contributed by atoms with Gasteiger partial charge in [0.15, 0.2) is 9.84 Å². The summed E-state index contributed by atoms with van der Waals surface area (Å²) in [5.41, 5.74) is 5.20. The van der Waals surface area contributed by atoms with Crippen molar-refractivity contribution < 1.29 is 12.8 Å². The Morgan fingerprint density at radius 1 is 1.64 bits per heavy atom. The van der Waals surface area contributed by atoms with Gasteiger partial charge in [-0.25, -0.2) is 8.42 Å². The summed E-state index contributed by atoms with van der Waals surface area (Å²) in [6.07, 6.45) is 1.06. The maximum atomic E-state index is 11.1. The van der Waals surface area contributed by atoms with Gasteiger partial charge in [-0.1, -0.05) is 0 Å². The van der Waals surface area contributed by atoms with Crippen LogP contribution in [0.15, 0.2) is 4.42 Å². The smallest absolute Gasteiger partial charge is 0.229 e. The minimum Gasteiger partial charge on any atom is -0.423 e. The average molecular weight is 215 g/mol. The Kier molecular flexibility index (Phi) is 2.49. The van der Waals surface area contributed by atoms with Crippen LogP contribution in [0.25, 0.3) is 0 Å². The number of oxazole rings is 1. The number of sulfone groups is 1. The number of nitrogen functional groups attached to an aromatic ring is 1. The highest BCUT2D eigenvalue weighted by molar-refractivity contribution is 7.90. The Morgan fingerprint density at radius 2 is 2.21 bits per heavy atom. The van der Waals surface area contributed by atoms with Gasteiger partial charge >= 0.3 is 0 Å². The van der Waals surface area contributed by atoms with Crippen LogP contribution in [-0.4, -0.2) is 19.7 Å². The Balaban J connectivity index is 3.17. The van der Waals surface area contributed by atoms with Crippen LogP contribution in [-0.2, 0) is 9.84 Å². The molecule has 0 saturated carbocycles. The topological polar surface area (TPSA) is 110 Å². The van der Waals surface area contributed by atoms with Crippen molar-refractivity contribution in [2.24, 2.45) is 0 Å². The molecule has 1 heterocycles. The van der Waals surface area contributed by atoms with E-state index < -0.39 is 15.1 Å². The molecule has 7 heteroatoms.